The van der Waals surface area contributed by atoms with Crippen LogP contribution in [0.25, 0.3) is 10.1 Å². The molecule has 0 aliphatic rings. The molecule has 1 amide bonds. The minimum Gasteiger partial charge on any atom is -0.444 e. The maximum Gasteiger partial charge on any atom is 0.412 e. The Morgan fingerprint density at radius 3 is 2.38 bits per heavy atom. The van der Waals surface area contributed by atoms with Crippen molar-refractivity contribution in [3.05, 3.63) is 23.5 Å². The largest absolute Gasteiger partial charge is 0.444 e. The van der Waals surface area contributed by atoms with E-state index in [1.165, 1.54) is 19.6 Å². The molecule has 1 radical (unpaired) electrons. The molecule has 9 heteroatoms. The van der Waals surface area contributed by atoms with Crippen LogP contribution in [-0.2, 0) is 9.39 Å². The Hall–Kier alpha value is -2.15. The van der Waals surface area contributed by atoms with Crippen LogP contribution in [0.4, 0.5) is 14.2 Å². The number of carbonyl (C=O) groups excluding carboxylic acids is 1. The minimum atomic E-state index is -0.890. The highest BCUT2D eigenvalue weighted by Gasteiger charge is 2.40. The second-order valence-corrected chi connectivity index (χ2v) is 9.78. The Balaban J connectivity index is 2.45. The van der Waals surface area contributed by atoms with Crippen LogP contribution >= 0.6 is 11.3 Å². The monoisotopic (exact) mass is 420 g/mol. The van der Waals surface area contributed by atoms with E-state index in [1.54, 1.807) is 48.5 Å². The van der Waals surface area contributed by atoms with Crippen molar-refractivity contribution in [2.45, 2.75) is 65.3 Å². The number of nitrogens with zero attached hydrogens (tertiary/aromatic N) is 1. The molecule has 155 valence electrons. The van der Waals surface area contributed by atoms with Crippen molar-refractivity contribution in [1.82, 2.24) is 0 Å². The van der Waals surface area contributed by atoms with Gasteiger partial charge in [0.2, 0.25) is 0 Å². The fraction of sp³-hybridized carbons (Fsp3) is 0.500. The molecule has 2 rings (SSSR count). The number of carbonyl (C=O) groups is 1. The van der Waals surface area contributed by atoms with Crippen molar-refractivity contribution in [1.29, 1.82) is 5.26 Å². The minimum absolute atomic E-state index is 0.133. The van der Waals surface area contributed by atoms with Gasteiger partial charge in [-0.1, -0.05) is 6.07 Å². The molecule has 0 spiro atoms. The number of hydrogen-bond donors (Lipinski definition) is 1. The number of hydrogen-bond acceptors (Lipinski definition) is 5. The van der Waals surface area contributed by atoms with Crippen LogP contribution < -0.4 is 10.8 Å². The number of thiophene rings is 1. The summed E-state index contributed by atoms with van der Waals surface area (Å²) < 4.78 is 25.7. The maximum atomic E-state index is 14.4. The predicted molar refractivity (Wildman–Crippen MR) is 115 cm³/mol. The van der Waals surface area contributed by atoms with Gasteiger partial charge in [0, 0.05) is 19.2 Å². The highest BCUT2D eigenvalue weighted by atomic mass is 32.1. The summed E-state index contributed by atoms with van der Waals surface area (Å²) in [6.07, 6.45) is -0.722. The topological polar surface area (TPSA) is 94.2 Å². The van der Waals surface area contributed by atoms with Crippen LogP contribution in [0.2, 0.25) is 0 Å². The Morgan fingerprint density at radius 1 is 1.24 bits per heavy atom. The molecule has 1 aromatic carbocycles. The van der Waals surface area contributed by atoms with Gasteiger partial charge in [-0.25, -0.2) is 9.18 Å². The van der Waals surface area contributed by atoms with Gasteiger partial charge in [0.05, 0.1) is 10.3 Å². The summed E-state index contributed by atoms with van der Waals surface area (Å²) in [5.74, 6) is -0.504. The van der Waals surface area contributed by atoms with Gasteiger partial charge >= 0.3 is 13.6 Å². The SMILES string of the molecule is CC(C)(C)OC(=O)Nc1sc2c(F)ccc([B]OC(C)(C)C(C)(C)[OH2+])c2c1C#N. The van der Waals surface area contributed by atoms with Gasteiger partial charge in [0.1, 0.15) is 28.1 Å². The lowest BCUT2D eigenvalue weighted by Crippen LogP contribution is -2.49. The standard InChI is InChI=1S/C20H25BFN2O4S/c1-18(2,3)27-17(25)24-16-11(10-23)14-12(8-9-13(22)15(14)29-16)21-28-20(6,7)19(4,5)26/h8-9,26H,1-7H3,(H,24,25)/p+1. The van der Waals surface area contributed by atoms with Gasteiger partial charge in [-0.3, -0.25) is 5.32 Å². The molecule has 0 saturated carbocycles. The number of nitrogens with one attached hydrogen (secondary N) is 1. The van der Waals surface area contributed by atoms with E-state index in [1.807, 2.05) is 6.07 Å². The van der Waals surface area contributed by atoms with E-state index < -0.39 is 28.7 Å². The van der Waals surface area contributed by atoms with Gasteiger partial charge in [0.25, 0.3) is 0 Å². The predicted octanol–water partition coefficient (Wildman–Crippen LogP) is 3.80. The normalized spacial score (nSPS) is 12.6. The van der Waals surface area contributed by atoms with Crippen LogP contribution in [0, 0.1) is 17.1 Å². The van der Waals surface area contributed by atoms with E-state index in [2.05, 4.69) is 5.32 Å². The first-order chi connectivity index (χ1) is 13.2. The molecule has 0 unspecified atom stereocenters. The molecule has 0 aliphatic carbocycles. The van der Waals surface area contributed by atoms with Crippen LogP contribution in [0.15, 0.2) is 12.1 Å². The fourth-order valence-electron chi connectivity index (χ4n) is 2.24. The molecule has 0 fully saturated rings. The van der Waals surface area contributed by atoms with Crippen LogP contribution in [0.5, 0.6) is 0 Å². The van der Waals surface area contributed by atoms with Crippen molar-refractivity contribution in [2.75, 3.05) is 5.32 Å². The third-order valence-electron chi connectivity index (χ3n) is 4.54. The Labute approximate surface area is 174 Å². The second kappa shape index (κ2) is 7.94. The molecular formula is C20H26BFN2O4S+. The molecule has 29 heavy (non-hydrogen) atoms. The molecule has 0 bridgehead atoms. The van der Waals surface area contributed by atoms with Crippen LogP contribution in [0.3, 0.4) is 0 Å². The van der Waals surface area contributed by atoms with Gasteiger partial charge in [-0.15, -0.1) is 11.3 Å². The van der Waals surface area contributed by atoms with E-state index in [4.69, 9.17) is 14.5 Å². The zero-order valence-electron chi connectivity index (χ0n) is 17.7. The lowest BCUT2D eigenvalue weighted by molar-refractivity contribution is -0.0893. The van der Waals surface area contributed by atoms with Gasteiger partial charge < -0.3 is 14.5 Å². The van der Waals surface area contributed by atoms with Crippen molar-refractivity contribution < 1.29 is 23.7 Å². The van der Waals surface area contributed by atoms with Crippen LogP contribution in [0.1, 0.15) is 54.0 Å². The molecule has 1 aromatic heterocycles. The lowest BCUT2D eigenvalue weighted by atomic mass is 9.80. The van der Waals surface area contributed by atoms with E-state index in [9.17, 15) is 14.4 Å². The maximum absolute atomic E-state index is 14.4. The van der Waals surface area contributed by atoms with Crippen molar-refractivity contribution in [3.63, 3.8) is 0 Å². The zero-order valence-corrected chi connectivity index (χ0v) is 18.5. The summed E-state index contributed by atoms with van der Waals surface area (Å²) in [5.41, 5.74) is -1.80. The molecule has 0 saturated heterocycles. The van der Waals surface area contributed by atoms with E-state index in [-0.39, 0.29) is 15.3 Å². The fourth-order valence-corrected chi connectivity index (χ4v) is 3.32. The van der Waals surface area contributed by atoms with Crippen molar-refractivity contribution in [3.8, 4) is 6.07 Å². The Kier molecular flexibility index (Phi) is 6.33. The number of benzene rings is 1. The first kappa shape index (κ1) is 23.1. The summed E-state index contributed by atoms with van der Waals surface area (Å²) in [6.45, 7) is 12.2. The lowest BCUT2D eigenvalue weighted by Gasteiger charge is -2.33. The molecule has 0 atom stereocenters. The van der Waals surface area contributed by atoms with E-state index in [0.717, 1.165) is 11.3 Å². The quantitative estimate of drug-likeness (QED) is 0.588. The van der Waals surface area contributed by atoms with E-state index >= 15 is 0 Å². The van der Waals surface area contributed by atoms with Crippen molar-refractivity contribution in [2.24, 2.45) is 0 Å². The second-order valence-electron chi connectivity index (χ2n) is 8.76. The third-order valence-corrected chi connectivity index (χ3v) is 5.65. The summed E-state index contributed by atoms with van der Waals surface area (Å²) in [6, 6.07) is 4.84. The summed E-state index contributed by atoms with van der Waals surface area (Å²) in [7, 11) is 1.43. The molecule has 0 aliphatic heterocycles. The highest BCUT2D eigenvalue weighted by Crippen LogP contribution is 2.36. The molecule has 3 N–H and O–H groups in total. The first-order valence-corrected chi connectivity index (χ1v) is 9.89. The number of fused-ring (bicyclic) bond motifs is 1. The zero-order chi connectivity index (χ0) is 22.2. The molecular weight excluding hydrogens is 394 g/mol. The van der Waals surface area contributed by atoms with Gasteiger partial charge in [-0.05, 0) is 46.1 Å². The Morgan fingerprint density at radius 2 is 1.86 bits per heavy atom. The number of anilines is 1. The third kappa shape index (κ3) is 5.27. The number of rotatable bonds is 5. The molecule has 1 heterocycles. The molecule has 2 aromatic rings. The first-order valence-electron chi connectivity index (χ1n) is 9.07. The molecule has 6 nitrogen and oxygen atoms in total. The van der Waals surface area contributed by atoms with Crippen molar-refractivity contribution >= 4 is 45.5 Å². The smallest absolute Gasteiger partial charge is 0.412 e. The van der Waals surface area contributed by atoms with Gasteiger partial charge in [-0.2, -0.15) is 5.26 Å². The van der Waals surface area contributed by atoms with Crippen LogP contribution in [-0.4, -0.2) is 35.5 Å². The summed E-state index contributed by atoms with van der Waals surface area (Å²) in [5, 5.41) is 21.0. The van der Waals surface area contributed by atoms with Gasteiger partial charge in [0.15, 0.2) is 5.60 Å². The Bertz CT molecular complexity index is 968. The summed E-state index contributed by atoms with van der Waals surface area (Å²) >= 11 is 0.960. The average Bonchev–Trinajstić information content (AvgIpc) is 2.90. The average molecular weight is 420 g/mol. The summed E-state index contributed by atoms with van der Waals surface area (Å²) in [4.78, 5) is 12.1. The number of ether oxygens (including phenoxy) is 1. The number of nitriles is 1. The highest BCUT2D eigenvalue weighted by molar-refractivity contribution is 7.23. The number of halogens is 1. The number of amides is 1. The van der Waals surface area contributed by atoms with E-state index in [0.29, 0.717) is 10.8 Å².